The van der Waals surface area contributed by atoms with Gasteiger partial charge in [0.2, 0.25) is 11.8 Å². The molecule has 0 spiro atoms. The fourth-order valence-electron chi connectivity index (χ4n) is 5.63. The predicted molar refractivity (Wildman–Crippen MR) is 141 cm³/mol. The van der Waals surface area contributed by atoms with Crippen molar-refractivity contribution in [1.29, 1.82) is 0 Å². The minimum atomic E-state index is -0.264. The monoisotopic (exact) mass is 472 g/mol. The molecule has 0 saturated carbocycles. The van der Waals surface area contributed by atoms with E-state index in [1.165, 1.54) is 4.90 Å². The van der Waals surface area contributed by atoms with E-state index in [1.54, 1.807) is 0 Å². The second kappa shape index (κ2) is 12.1. The Morgan fingerprint density at radius 1 is 1.06 bits per heavy atom. The first-order valence-corrected chi connectivity index (χ1v) is 11.9. The van der Waals surface area contributed by atoms with Crippen molar-refractivity contribution >= 4 is 11.8 Å². The Morgan fingerprint density at radius 3 is 2.32 bits per heavy atom. The summed E-state index contributed by atoms with van der Waals surface area (Å²) in [4.78, 5) is 29.3. The van der Waals surface area contributed by atoms with E-state index in [2.05, 4.69) is 58.2 Å². The van der Waals surface area contributed by atoms with Crippen molar-refractivity contribution in [2.24, 2.45) is 16.7 Å². The summed E-state index contributed by atoms with van der Waals surface area (Å²) in [7, 11) is 0. The van der Waals surface area contributed by atoms with Gasteiger partial charge in [0, 0.05) is 26.1 Å². The standard InChI is InChI=1S/C27H40N2O3.2CH4/c1-20(18-27(5,6)19-26(2,3)4)16-22-17-23(30)29(24(22)31)13-12-28-14-15-32-25(28)21-10-8-7-9-11-21;;/h7-11,22,25H,1,12-19H2,2-6H3;2*1H4. The first-order chi connectivity index (χ1) is 15.0. The first kappa shape index (κ1) is 30.1. The third-order valence-corrected chi connectivity index (χ3v) is 6.29. The van der Waals surface area contributed by atoms with Crippen LogP contribution in [0, 0.1) is 16.7 Å². The van der Waals surface area contributed by atoms with Crippen LogP contribution in [0.2, 0.25) is 0 Å². The van der Waals surface area contributed by atoms with Gasteiger partial charge >= 0.3 is 0 Å². The molecule has 2 atom stereocenters. The third-order valence-electron chi connectivity index (χ3n) is 6.29. The van der Waals surface area contributed by atoms with Gasteiger partial charge in [0.25, 0.3) is 0 Å². The molecule has 3 rings (SSSR count). The normalized spacial score (nSPS) is 21.4. The maximum absolute atomic E-state index is 13.0. The summed E-state index contributed by atoms with van der Waals surface area (Å²) in [6, 6.07) is 10.1. The summed E-state index contributed by atoms with van der Waals surface area (Å²) in [6.45, 7) is 18.1. The number of likely N-dealkylation sites (tertiary alicyclic amines) is 1. The Morgan fingerprint density at radius 2 is 1.71 bits per heavy atom. The van der Waals surface area contributed by atoms with Crippen LogP contribution in [-0.2, 0) is 14.3 Å². The fourth-order valence-corrected chi connectivity index (χ4v) is 5.63. The second-order valence-electron chi connectivity index (χ2n) is 11.5. The van der Waals surface area contributed by atoms with Gasteiger partial charge in [-0.15, -0.1) is 0 Å². The van der Waals surface area contributed by atoms with Crippen LogP contribution < -0.4 is 0 Å². The Hall–Kier alpha value is -1.98. The number of carbonyl (C=O) groups is 2. The van der Waals surface area contributed by atoms with Gasteiger partial charge in [0.05, 0.1) is 12.5 Å². The van der Waals surface area contributed by atoms with Gasteiger partial charge in [-0.25, -0.2) is 0 Å². The number of hydrogen-bond donors (Lipinski definition) is 0. The lowest BCUT2D eigenvalue weighted by molar-refractivity contribution is -0.139. The van der Waals surface area contributed by atoms with Crippen molar-refractivity contribution in [2.45, 2.75) is 81.4 Å². The summed E-state index contributed by atoms with van der Waals surface area (Å²) in [5, 5.41) is 0. The summed E-state index contributed by atoms with van der Waals surface area (Å²) in [6.07, 6.45) is 2.77. The minimum absolute atomic E-state index is 0. The average Bonchev–Trinajstić information content (AvgIpc) is 3.23. The number of benzene rings is 1. The van der Waals surface area contributed by atoms with Gasteiger partial charge in [0.15, 0.2) is 0 Å². The minimum Gasteiger partial charge on any atom is -0.358 e. The quantitative estimate of drug-likeness (QED) is 0.305. The molecule has 0 N–H and O–H groups in total. The van der Waals surface area contributed by atoms with Crippen molar-refractivity contribution in [3.8, 4) is 0 Å². The van der Waals surface area contributed by atoms with Crippen molar-refractivity contribution in [3.63, 3.8) is 0 Å². The molecule has 2 unspecified atom stereocenters. The molecule has 1 aromatic carbocycles. The van der Waals surface area contributed by atoms with Crippen LogP contribution in [0.15, 0.2) is 42.5 Å². The summed E-state index contributed by atoms with van der Waals surface area (Å²) in [5.41, 5.74) is 2.56. The largest absolute Gasteiger partial charge is 0.358 e. The van der Waals surface area contributed by atoms with Crippen LogP contribution in [0.5, 0.6) is 0 Å². The van der Waals surface area contributed by atoms with Crippen molar-refractivity contribution < 1.29 is 14.3 Å². The Labute approximate surface area is 208 Å². The first-order valence-electron chi connectivity index (χ1n) is 11.9. The van der Waals surface area contributed by atoms with Crippen LogP contribution in [0.1, 0.15) is 86.9 Å². The number of imide groups is 1. The highest BCUT2D eigenvalue weighted by Gasteiger charge is 2.39. The number of nitrogens with zero attached hydrogens (tertiary/aromatic N) is 2. The third kappa shape index (κ3) is 8.06. The number of rotatable bonds is 9. The molecule has 2 fully saturated rings. The molecule has 0 bridgehead atoms. The van der Waals surface area contributed by atoms with Gasteiger partial charge in [-0.2, -0.15) is 0 Å². The predicted octanol–water partition coefficient (Wildman–Crippen LogP) is 6.46. The van der Waals surface area contributed by atoms with Gasteiger partial charge in [-0.05, 0) is 35.7 Å². The number of amides is 2. The zero-order valence-electron chi connectivity index (χ0n) is 20.5. The van der Waals surface area contributed by atoms with E-state index in [1.807, 2.05) is 18.2 Å². The lowest BCUT2D eigenvalue weighted by Crippen LogP contribution is -2.38. The lowest BCUT2D eigenvalue weighted by atomic mass is 9.72. The van der Waals surface area contributed by atoms with Crippen LogP contribution in [0.25, 0.3) is 0 Å². The molecule has 1 aromatic rings. The van der Waals surface area contributed by atoms with Crippen LogP contribution in [0.4, 0.5) is 0 Å². The number of hydrogen-bond acceptors (Lipinski definition) is 4. The zero-order valence-corrected chi connectivity index (χ0v) is 20.5. The number of allylic oxidation sites excluding steroid dienone is 1. The smallest absolute Gasteiger partial charge is 0.233 e. The average molecular weight is 473 g/mol. The molecule has 0 radical (unpaired) electrons. The van der Waals surface area contributed by atoms with Gasteiger partial charge in [0.1, 0.15) is 6.23 Å². The van der Waals surface area contributed by atoms with E-state index in [9.17, 15) is 9.59 Å². The van der Waals surface area contributed by atoms with E-state index in [-0.39, 0.29) is 49.6 Å². The van der Waals surface area contributed by atoms with Crippen molar-refractivity contribution in [1.82, 2.24) is 9.80 Å². The molecule has 0 aliphatic carbocycles. The van der Waals surface area contributed by atoms with Crippen LogP contribution >= 0.6 is 0 Å². The van der Waals surface area contributed by atoms with E-state index in [0.29, 0.717) is 32.5 Å². The molecule has 2 amide bonds. The van der Waals surface area contributed by atoms with E-state index in [4.69, 9.17) is 4.74 Å². The van der Waals surface area contributed by atoms with Gasteiger partial charge in [-0.1, -0.05) is 92.0 Å². The topological polar surface area (TPSA) is 49.9 Å². The highest BCUT2D eigenvalue weighted by Crippen LogP contribution is 2.39. The zero-order chi connectivity index (χ0) is 23.5. The molecule has 192 valence electrons. The maximum Gasteiger partial charge on any atom is 0.233 e. The van der Waals surface area contributed by atoms with Crippen molar-refractivity contribution in [2.75, 3.05) is 26.2 Å². The molecule has 2 saturated heterocycles. The highest BCUT2D eigenvalue weighted by atomic mass is 16.5. The van der Waals surface area contributed by atoms with Gasteiger partial charge < -0.3 is 4.74 Å². The van der Waals surface area contributed by atoms with Crippen molar-refractivity contribution in [3.05, 3.63) is 48.0 Å². The SMILES string of the molecule is C.C.C=C(CC1CC(=O)N(CCN2CCOC2c2ccccc2)C1=O)CC(C)(C)CC(C)(C)C. The fraction of sp³-hybridized carbons (Fsp3) is 0.655. The van der Waals surface area contributed by atoms with E-state index >= 15 is 0 Å². The van der Waals surface area contributed by atoms with Crippen LogP contribution in [0.3, 0.4) is 0 Å². The molecule has 2 aliphatic rings. The molecular formula is C29H48N2O3. The molecule has 5 heteroatoms. The highest BCUT2D eigenvalue weighted by molar-refractivity contribution is 6.03. The van der Waals surface area contributed by atoms with E-state index < -0.39 is 0 Å². The molecular weight excluding hydrogens is 424 g/mol. The Bertz CT molecular complexity index is 826. The Balaban J connectivity index is 0.00000289. The molecule has 2 heterocycles. The summed E-state index contributed by atoms with van der Waals surface area (Å²) >= 11 is 0. The number of carbonyl (C=O) groups excluding carboxylic acids is 2. The second-order valence-corrected chi connectivity index (χ2v) is 11.5. The van der Waals surface area contributed by atoms with Crippen LogP contribution in [-0.4, -0.2) is 47.9 Å². The maximum atomic E-state index is 13.0. The molecule has 0 aromatic heterocycles. The Kier molecular flexibility index (Phi) is 10.7. The van der Waals surface area contributed by atoms with E-state index in [0.717, 1.165) is 30.5 Å². The summed E-state index contributed by atoms with van der Waals surface area (Å²) < 4.78 is 5.90. The summed E-state index contributed by atoms with van der Waals surface area (Å²) in [5.74, 6) is -0.362. The molecule has 34 heavy (non-hydrogen) atoms. The molecule has 2 aliphatic heterocycles. The lowest BCUT2D eigenvalue weighted by Gasteiger charge is -2.33. The molecule has 5 nitrogen and oxygen atoms in total. The van der Waals surface area contributed by atoms with Gasteiger partial charge in [-0.3, -0.25) is 19.4 Å². The number of ether oxygens (including phenoxy) is 1.